The number of carbonyl (C=O) groups excluding carboxylic acids is 3. The maximum atomic E-state index is 13.4. The number of imidazole rings is 1. The van der Waals surface area contributed by atoms with Gasteiger partial charge in [-0.3, -0.25) is 19.5 Å². The fourth-order valence-electron chi connectivity index (χ4n) is 4.67. The lowest BCUT2D eigenvalue weighted by atomic mass is 10.0. The standard InChI is InChI=1S/C28H37N7O5/c1-17(2)26-28(38)30-9-11-34-10-8-29-27(34)20-6-7-22(39-5)23(14-20)40-13-12-35(16-24(36)31-26)25(37)15-21-18(3)32-33-19(21)4/h6-8,10,14,17,26H,9,11-13,15-16H2,1-5H3,(H,30,38)(H,31,36)(H,32,33)/t26-/m1/s1. The molecule has 0 fully saturated rings. The SMILES string of the molecule is COc1ccc2cc1OCCN(C(=O)Cc1c(C)n[nH]c1C)CC(=O)N[C@H](C(C)C)C(=O)NCCn1ccnc1-2. The monoisotopic (exact) mass is 551 g/mol. The third kappa shape index (κ3) is 6.61. The Balaban J connectivity index is 1.64. The van der Waals surface area contributed by atoms with Crippen LogP contribution in [0.1, 0.15) is 30.8 Å². The van der Waals surface area contributed by atoms with E-state index in [0.29, 0.717) is 30.4 Å². The molecule has 2 aromatic heterocycles. The number of hydrogen-bond donors (Lipinski definition) is 3. The summed E-state index contributed by atoms with van der Waals surface area (Å²) in [6.07, 6.45) is 3.62. The van der Waals surface area contributed by atoms with Gasteiger partial charge in [0.15, 0.2) is 11.5 Å². The first kappa shape index (κ1) is 28.7. The zero-order chi connectivity index (χ0) is 28.8. The molecule has 0 aliphatic carbocycles. The van der Waals surface area contributed by atoms with E-state index in [2.05, 4.69) is 25.8 Å². The second-order valence-electron chi connectivity index (χ2n) is 10.1. The van der Waals surface area contributed by atoms with E-state index in [0.717, 1.165) is 22.5 Å². The zero-order valence-electron chi connectivity index (χ0n) is 23.6. The number of carbonyl (C=O) groups is 3. The number of rotatable bonds is 4. The number of aromatic amines is 1. The number of aryl methyl sites for hydroxylation is 2. The van der Waals surface area contributed by atoms with Gasteiger partial charge in [-0.2, -0.15) is 5.10 Å². The molecule has 1 aliphatic heterocycles. The summed E-state index contributed by atoms with van der Waals surface area (Å²) >= 11 is 0. The van der Waals surface area contributed by atoms with E-state index in [-0.39, 0.29) is 43.8 Å². The molecule has 3 N–H and O–H groups in total. The van der Waals surface area contributed by atoms with Crippen LogP contribution >= 0.6 is 0 Å². The molecule has 1 atom stereocenters. The number of aromatic nitrogens is 4. The van der Waals surface area contributed by atoms with Crippen LogP contribution in [0.4, 0.5) is 0 Å². The van der Waals surface area contributed by atoms with Crippen LogP contribution in [0.15, 0.2) is 30.6 Å². The molecule has 0 unspecified atom stereocenters. The van der Waals surface area contributed by atoms with Crippen molar-refractivity contribution in [1.29, 1.82) is 0 Å². The van der Waals surface area contributed by atoms with Gasteiger partial charge < -0.3 is 29.6 Å². The molecule has 0 saturated carbocycles. The zero-order valence-corrected chi connectivity index (χ0v) is 23.6. The Labute approximate surface area is 233 Å². The van der Waals surface area contributed by atoms with Crippen molar-refractivity contribution < 1.29 is 23.9 Å². The lowest BCUT2D eigenvalue weighted by molar-refractivity contribution is -0.137. The van der Waals surface area contributed by atoms with Crippen molar-refractivity contribution in [2.75, 3.05) is 33.4 Å². The van der Waals surface area contributed by atoms with E-state index >= 15 is 0 Å². The van der Waals surface area contributed by atoms with Crippen molar-refractivity contribution in [2.45, 2.75) is 46.7 Å². The van der Waals surface area contributed by atoms with Crippen LogP contribution < -0.4 is 20.1 Å². The maximum absolute atomic E-state index is 13.4. The minimum absolute atomic E-state index is 0.0804. The second kappa shape index (κ2) is 12.7. The first-order valence-electron chi connectivity index (χ1n) is 13.4. The highest BCUT2D eigenvalue weighted by Crippen LogP contribution is 2.32. The summed E-state index contributed by atoms with van der Waals surface area (Å²) in [6.45, 7) is 8.27. The Morgan fingerprint density at radius 2 is 2.02 bits per heavy atom. The van der Waals surface area contributed by atoms with Crippen molar-refractivity contribution in [3.63, 3.8) is 0 Å². The van der Waals surface area contributed by atoms with Gasteiger partial charge in [-0.15, -0.1) is 0 Å². The van der Waals surface area contributed by atoms with Crippen LogP contribution in [-0.2, 0) is 27.3 Å². The van der Waals surface area contributed by atoms with Crippen LogP contribution in [-0.4, -0.2) is 81.8 Å². The minimum atomic E-state index is -0.753. The Kier molecular flexibility index (Phi) is 9.08. The molecule has 0 radical (unpaired) electrons. The van der Waals surface area contributed by atoms with Gasteiger partial charge in [-0.05, 0) is 38.0 Å². The molecule has 4 rings (SSSR count). The fraction of sp³-hybridized carbons (Fsp3) is 0.464. The Morgan fingerprint density at radius 3 is 2.73 bits per heavy atom. The minimum Gasteiger partial charge on any atom is -0.493 e. The summed E-state index contributed by atoms with van der Waals surface area (Å²) in [6, 6.07) is 4.77. The molecule has 40 heavy (non-hydrogen) atoms. The topological polar surface area (TPSA) is 143 Å². The lowest BCUT2D eigenvalue weighted by Crippen LogP contribution is -2.53. The highest BCUT2D eigenvalue weighted by Gasteiger charge is 2.27. The molecule has 2 bridgehead atoms. The summed E-state index contributed by atoms with van der Waals surface area (Å²) in [5.41, 5.74) is 3.13. The van der Waals surface area contributed by atoms with Crippen molar-refractivity contribution in [1.82, 2.24) is 35.3 Å². The quantitative estimate of drug-likeness (QED) is 0.447. The molecule has 3 aromatic rings. The van der Waals surface area contributed by atoms with Gasteiger partial charge in [-0.1, -0.05) is 13.8 Å². The number of nitrogens with zero attached hydrogens (tertiary/aromatic N) is 4. The second-order valence-corrected chi connectivity index (χ2v) is 10.1. The van der Waals surface area contributed by atoms with E-state index in [9.17, 15) is 14.4 Å². The average Bonchev–Trinajstić information content (AvgIpc) is 3.52. The van der Waals surface area contributed by atoms with Crippen molar-refractivity contribution in [2.24, 2.45) is 5.92 Å². The highest BCUT2D eigenvalue weighted by atomic mass is 16.5. The molecular weight excluding hydrogens is 514 g/mol. The Morgan fingerprint density at radius 1 is 1.23 bits per heavy atom. The molecule has 12 nitrogen and oxygen atoms in total. The van der Waals surface area contributed by atoms with Gasteiger partial charge >= 0.3 is 0 Å². The predicted octanol–water partition coefficient (Wildman–Crippen LogP) is 1.62. The number of hydrogen-bond acceptors (Lipinski definition) is 7. The molecular formula is C28H37N7O5. The average molecular weight is 552 g/mol. The molecule has 3 amide bonds. The normalized spacial score (nSPS) is 16.9. The molecule has 0 saturated heterocycles. The smallest absolute Gasteiger partial charge is 0.242 e. The summed E-state index contributed by atoms with van der Waals surface area (Å²) < 4.78 is 13.5. The van der Waals surface area contributed by atoms with E-state index in [4.69, 9.17) is 9.47 Å². The van der Waals surface area contributed by atoms with Crippen LogP contribution in [0.25, 0.3) is 11.4 Å². The van der Waals surface area contributed by atoms with E-state index in [1.165, 1.54) is 4.90 Å². The fourth-order valence-corrected chi connectivity index (χ4v) is 4.67. The predicted molar refractivity (Wildman–Crippen MR) is 148 cm³/mol. The summed E-state index contributed by atoms with van der Waals surface area (Å²) in [4.78, 5) is 45.5. The number of nitrogens with one attached hydrogen (secondary N) is 3. The van der Waals surface area contributed by atoms with Gasteiger partial charge in [0.2, 0.25) is 17.7 Å². The molecule has 214 valence electrons. The van der Waals surface area contributed by atoms with Gasteiger partial charge in [0.05, 0.1) is 32.3 Å². The van der Waals surface area contributed by atoms with E-state index in [1.807, 2.05) is 50.6 Å². The number of methoxy groups -OCH3 is 1. The van der Waals surface area contributed by atoms with Gasteiger partial charge in [0, 0.05) is 42.3 Å². The van der Waals surface area contributed by atoms with Crippen LogP contribution in [0.3, 0.4) is 0 Å². The maximum Gasteiger partial charge on any atom is 0.242 e. The van der Waals surface area contributed by atoms with Crippen LogP contribution in [0.2, 0.25) is 0 Å². The van der Waals surface area contributed by atoms with Crippen LogP contribution in [0, 0.1) is 19.8 Å². The van der Waals surface area contributed by atoms with Crippen LogP contribution in [0.5, 0.6) is 11.5 Å². The van der Waals surface area contributed by atoms with Crippen molar-refractivity contribution in [3.8, 4) is 22.9 Å². The molecule has 1 aromatic carbocycles. The molecule has 1 aliphatic rings. The highest BCUT2D eigenvalue weighted by molar-refractivity contribution is 5.90. The van der Waals surface area contributed by atoms with Crippen molar-refractivity contribution in [3.05, 3.63) is 47.5 Å². The summed E-state index contributed by atoms with van der Waals surface area (Å²) in [5, 5.41) is 12.8. The molecule has 0 spiro atoms. The lowest BCUT2D eigenvalue weighted by Gasteiger charge is -2.26. The third-order valence-corrected chi connectivity index (χ3v) is 6.97. The number of amides is 3. The molecule has 3 heterocycles. The van der Waals surface area contributed by atoms with E-state index in [1.54, 1.807) is 19.4 Å². The largest absolute Gasteiger partial charge is 0.493 e. The van der Waals surface area contributed by atoms with Gasteiger partial charge in [0.1, 0.15) is 18.5 Å². The van der Waals surface area contributed by atoms with Crippen molar-refractivity contribution >= 4 is 17.7 Å². The number of benzene rings is 1. The Bertz CT molecular complexity index is 1340. The summed E-state index contributed by atoms with van der Waals surface area (Å²) in [5.74, 6) is 0.612. The number of H-pyrrole nitrogens is 1. The first-order valence-corrected chi connectivity index (χ1v) is 13.4. The van der Waals surface area contributed by atoms with E-state index < -0.39 is 11.9 Å². The molecule has 12 heteroatoms. The van der Waals surface area contributed by atoms with Gasteiger partial charge in [0.25, 0.3) is 0 Å². The summed E-state index contributed by atoms with van der Waals surface area (Å²) in [7, 11) is 1.56. The third-order valence-electron chi connectivity index (χ3n) is 6.97. The van der Waals surface area contributed by atoms with Gasteiger partial charge in [-0.25, -0.2) is 4.98 Å². The first-order chi connectivity index (χ1) is 19.2. The number of ether oxygens (including phenoxy) is 2. The Hall–Kier alpha value is -4.35. The number of fused-ring (bicyclic) bond motifs is 4.